The van der Waals surface area contributed by atoms with Gasteiger partial charge < -0.3 is 19.5 Å². The molecule has 0 unspecified atom stereocenters. The van der Waals surface area contributed by atoms with Gasteiger partial charge in [0.15, 0.2) is 11.5 Å². The van der Waals surface area contributed by atoms with E-state index in [0.717, 1.165) is 5.56 Å². The number of benzene rings is 2. The quantitative estimate of drug-likeness (QED) is 0.564. The normalized spacial score (nSPS) is 15.7. The van der Waals surface area contributed by atoms with Crippen molar-refractivity contribution >= 4 is 12.0 Å². The van der Waals surface area contributed by atoms with Gasteiger partial charge in [0, 0.05) is 31.2 Å². The highest BCUT2D eigenvalue weighted by atomic mass is 19.3. The third-order valence-electron chi connectivity index (χ3n) is 5.42. The Hall–Kier alpha value is -3.00. The molecule has 0 saturated carbocycles. The first kappa shape index (κ1) is 23.7. The first-order valence-corrected chi connectivity index (χ1v) is 10.4. The van der Waals surface area contributed by atoms with Gasteiger partial charge >= 0.3 is 6.61 Å². The lowest BCUT2D eigenvalue weighted by molar-refractivity contribution is -0.116. The van der Waals surface area contributed by atoms with Crippen molar-refractivity contribution in [2.24, 2.45) is 0 Å². The molecule has 1 aliphatic rings. The lowest BCUT2D eigenvalue weighted by Gasteiger charge is -2.37. The van der Waals surface area contributed by atoms with E-state index in [1.807, 2.05) is 0 Å². The molecule has 1 aliphatic heterocycles. The van der Waals surface area contributed by atoms with E-state index in [4.69, 9.17) is 9.47 Å². The van der Waals surface area contributed by atoms with Gasteiger partial charge in [0.25, 0.3) is 0 Å². The summed E-state index contributed by atoms with van der Waals surface area (Å²) in [6, 6.07) is 10.8. The van der Waals surface area contributed by atoms with Crippen molar-refractivity contribution in [3.8, 4) is 11.5 Å². The van der Waals surface area contributed by atoms with Crippen LogP contribution >= 0.6 is 0 Å². The summed E-state index contributed by atoms with van der Waals surface area (Å²) in [6.45, 7) is 0.570. The number of ether oxygens (including phenoxy) is 3. The summed E-state index contributed by atoms with van der Waals surface area (Å²) in [5, 5.41) is 2.92. The summed E-state index contributed by atoms with van der Waals surface area (Å²) in [4.78, 5) is 12.5. The zero-order chi connectivity index (χ0) is 23.0. The second-order valence-electron chi connectivity index (χ2n) is 7.47. The smallest absolute Gasteiger partial charge is 0.387 e. The Bertz CT molecular complexity index is 925. The summed E-state index contributed by atoms with van der Waals surface area (Å²) < 4.78 is 53.7. The molecule has 1 heterocycles. The molecule has 0 aliphatic carbocycles. The Morgan fingerprint density at radius 2 is 1.88 bits per heavy atom. The monoisotopic (exact) mass is 449 g/mol. The van der Waals surface area contributed by atoms with Crippen molar-refractivity contribution in [1.82, 2.24) is 5.32 Å². The lowest BCUT2D eigenvalue weighted by Crippen LogP contribution is -2.44. The standard InChI is InChI=1S/C24H26F3NO4/c1-2-31-21-15-17(3-9-20(21)32-23(26)27)4-10-22(29)28-16-24(11-13-30-14-12-24)18-5-7-19(25)8-6-18/h3-10,15,23H,2,11-14,16H2,1H3,(H,28,29). The van der Waals surface area contributed by atoms with Crippen molar-refractivity contribution in [3.63, 3.8) is 0 Å². The van der Waals surface area contributed by atoms with E-state index in [2.05, 4.69) is 10.1 Å². The van der Waals surface area contributed by atoms with E-state index in [-0.39, 0.29) is 35.2 Å². The summed E-state index contributed by atoms with van der Waals surface area (Å²) in [5.74, 6) is -0.500. The molecule has 0 aromatic heterocycles. The molecular formula is C24H26F3NO4. The number of amides is 1. The van der Waals surface area contributed by atoms with Gasteiger partial charge in [-0.3, -0.25) is 4.79 Å². The Balaban J connectivity index is 1.67. The largest absolute Gasteiger partial charge is 0.490 e. The molecule has 1 N–H and O–H groups in total. The molecule has 1 fully saturated rings. The van der Waals surface area contributed by atoms with Gasteiger partial charge in [-0.25, -0.2) is 4.39 Å². The molecule has 1 saturated heterocycles. The molecular weight excluding hydrogens is 423 g/mol. The molecule has 2 aromatic rings. The number of hydrogen-bond acceptors (Lipinski definition) is 4. The van der Waals surface area contributed by atoms with Crippen molar-refractivity contribution in [3.05, 3.63) is 65.5 Å². The minimum atomic E-state index is -2.96. The SMILES string of the molecule is CCOc1cc(C=CC(=O)NCC2(c3ccc(F)cc3)CCOCC2)ccc1OC(F)F. The maximum absolute atomic E-state index is 13.4. The van der Waals surface area contributed by atoms with E-state index in [9.17, 15) is 18.0 Å². The zero-order valence-electron chi connectivity index (χ0n) is 17.8. The fourth-order valence-corrected chi connectivity index (χ4v) is 3.71. The van der Waals surface area contributed by atoms with Crippen LogP contribution in [0, 0.1) is 5.82 Å². The molecule has 8 heteroatoms. The molecule has 32 heavy (non-hydrogen) atoms. The molecule has 3 rings (SSSR count). The third kappa shape index (κ3) is 6.26. The predicted octanol–water partition coefficient (Wildman–Crippen LogP) is 4.70. The molecule has 1 amide bonds. The molecule has 5 nitrogen and oxygen atoms in total. The van der Waals surface area contributed by atoms with Crippen molar-refractivity contribution in [2.45, 2.75) is 31.8 Å². The van der Waals surface area contributed by atoms with Crippen LogP contribution in [0.5, 0.6) is 11.5 Å². The second kappa shape index (κ2) is 11.0. The van der Waals surface area contributed by atoms with Crippen LogP contribution in [0.2, 0.25) is 0 Å². The van der Waals surface area contributed by atoms with Crippen molar-refractivity contribution < 1.29 is 32.2 Å². The minimum Gasteiger partial charge on any atom is -0.490 e. The minimum absolute atomic E-state index is 0.0655. The van der Waals surface area contributed by atoms with Gasteiger partial charge in [-0.2, -0.15) is 8.78 Å². The Morgan fingerprint density at radius 3 is 2.53 bits per heavy atom. The Kier molecular flexibility index (Phi) is 8.16. The second-order valence-corrected chi connectivity index (χ2v) is 7.47. The highest BCUT2D eigenvalue weighted by Crippen LogP contribution is 2.34. The molecule has 0 atom stereocenters. The van der Waals surface area contributed by atoms with E-state index >= 15 is 0 Å². The van der Waals surface area contributed by atoms with Gasteiger partial charge in [0.05, 0.1) is 6.61 Å². The molecule has 0 radical (unpaired) electrons. The fourth-order valence-electron chi connectivity index (χ4n) is 3.71. The van der Waals surface area contributed by atoms with Crippen LogP contribution in [0.4, 0.5) is 13.2 Å². The number of halogens is 3. The van der Waals surface area contributed by atoms with Gasteiger partial charge in [-0.05, 0) is 61.2 Å². The van der Waals surface area contributed by atoms with Crippen LogP contribution in [-0.4, -0.2) is 38.9 Å². The lowest BCUT2D eigenvalue weighted by atomic mass is 9.74. The number of hydrogen-bond donors (Lipinski definition) is 1. The van der Waals surface area contributed by atoms with Crippen LogP contribution in [-0.2, 0) is 14.9 Å². The highest BCUT2D eigenvalue weighted by Gasteiger charge is 2.34. The average Bonchev–Trinajstić information content (AvgIpc) is 2.79. The van der Waals surface area contributed by atoms with Crippen molar-refractivity contribution in [2.75, 3.05) is 26.4 Å². The fraction of sp³-hybridized carbons (Fsp3) is 0.375. The van der Waals surface area contributed by atoms with Gasteiger partial charge in [-0.15, -0.1) is 0 Å². The Labute approximate surface area is 185 Å². The topological polar surface area (TPSA) is 56.8 Å². The van der Waals surface area contributed by atoms with Crippen LogP contribution < -0.4 is 14.8 Å². The van der Waals surface area contributed by atoms with E-state index in [1.54, 1.807) is 31.2 Å². The molecule has 0 spiro atoms. The molecule has 0 bridgehead atoms. The van der Waals surface area contributed by atoms with Crippen LogP contribution in [0.1, 0.15) is 30.9 Å². The summed E-state index contributed by atoms with van der Waals surface area (Å²) >= 11 is 0. The Morgan fingerprint density at radius 1 is 1.16 bits per heavy atom. The van der Waals surface area contributed by atoms with Crippen LogP contribution in [0.15, 0.2) is 48.5 Å². The maximum atomic E-state index is 13.4. The summed E-state index contributed by atoms with van der Waals surface area (Å²) in [5.41, 5.74) is 1.23. The van der Waals surface area contributed by atoms with Gasteiger partial charge in [0.1, 0.15) is 5.82 Å². The zero-order valence-corrected chi connectivity index (χ0v) is 17.8. The summed E-state index contributed by atoms with van der Waals surface area (Å²) in [6.07, 6.45) is 4.37. The first-order valence-electron chi connectivity index (χ1n) is 10.4. The first-order chi connectivity index (χ1) is 15.4. The maximum Gasteiger partial charge on any atom is 0.387 e. The molecule has 2 aromatic carbocycles. The number of alkyl halides is 2. The van der Waals surface area contributed by atoms with E-state index in [1.165, 1.54) is 30.3 Å². The van der Waals surface area contributed by atoms with Crippen molar-refractivity contribution in [1.29, 1.82) is 0 Å². The number of carbonyl (C=O) groups excluding carboxylic acids is 1. The van der Waals surface area contributed by atoms with Gasteiger partial charge in [0.2, 0.25) is 5.91 Å². The number of carbonyl (C=O) groups is 1. The average molecular weight is 449 g/mol. The van der Waals surface area contributed by atoms with Crippen LogP contribution in [0.25, 0.3) is 6.08 Å². The predicted molar refractivity (Wildman–Crippen MR) is 114 cm³/mol. The highest BCUT2D eigenvalue weighted by molar-refractivity contribution is 5.91. The molecule has 172 valence electrons. The number of rotatable bonds is 9. The third-order valence-corrected chi connectivity index (χ3v) is 5.42. The summed E-state index contributed by atoms with van der Waals surface area (Å²) in [7, 11) is 0. The van der Waals surface area contributed by atoms with Crippen LogP contribution in [0.3, 0.4) is 0 Å². The van der Waals surface area contributed by atoms with Gasteiger partial charge in [-0.1, -0.05) is 18.2 Å². The number of nitrogens with one attached hydrogen (secondary N) is 1. The van der Waals surface area contributed by atoms with E-state index < -0.39 is 6.61 Å². The van der Waals surface area contributed by atoms with E-state index in [0.29, 0.717) is 38.2 Å².